The zero-order valence-corrected chi connectivity index (χ0v) is 15.8. The van der Waals surface area contributed by atoms with Gasteiger partial charge in [-0.25, -0.2) is 4.79 Å². The largest absolute Gasteiger partial charge is 0.429 e. The fourth-order valence-corrected chi connectivity index (χ4v) is 6.20. The van der Waals surface area contributed by atoms with Crippen molar-refractivity contribution >= 4 is 5.97 Å². The number of carbonyl (C=O) groups excluding carboxylic acids is 1. The van der Waals surface area contributed by atoms with E-state index in [4.69, 9.17) is 9.47 Å². The van der Waals surface area contributed by atoms with Crippen LogP contribution in [-0.2, 0) is 14.3 Å². The molecule has 6 heteroatoms. The van der Waals surface area contributed by atoms with E-state index in [-0.39, 0.29) is 16.7 Å². The van der Waals surface area contributed by atoms with Crippen LogP contribution in [0, 0.1) is 22.7 Å². The standard InChI is InChI=1S/C20H30O6/c1-11-4-7-19(3)14(9-13(21)16(23)20(19)10-25-20)18(11,2)6-5-12-8-15(22)26-17(12)24/h8,11,13-14,16-17,21,23-24H,4-7,9-10H2,1-3H3/t11-,13+,14-,16+,17+,18+,19-,20-/m1/s1. The number of hydrogen-bond donors (Lipinski definition) is 3. The van der Waals surface area contributed by atoms with E-state index < -0.39 is 30.1 Å². The molecular weight excluding hydrogens is 336 g/mol. The van der Waals surface area contributed by atoms with Crippen molar-refractivity contribution in [1.82, 2.24) is 0 Å². The molecule has 2 aliphatic carbocycles. The number of fused-ring (bicyclic) bond motifs is 2. The Kier molecular flexibility index (Phi) is 4.09. The van der Waals surface area contributed by atoms with Crippen molar-refractivity contribution in [2.75, 3.05) is 6.61 Å². The van der Waals surface area contributed by atoms with Crippen LogP contribution < -0.4 is 0 Å². The lowest BCUT2D eigenvalue weighted by atomic mass is 9.43. The van der Waals surface area contributed by atoms with Gasteiger partial charge in [0.2, 0.25) is 6.29 Å². The first-order valence-corrected chi connectivity index (χ1v) is 9.73. The predicted octanol–water partition coefficient (Wildman–Crippen LogP) is 1.52. The summed E-state index contributed by atoms with van der Waals surface area (Å²) in [6.07, 6.45) is 2.62. The quantitative estimate of drug-likeness (QED) is 0.517. The average molecular weight is 366 g/mol. The normalized spacial score (nSPS) is 53.2. The van der Waals surface area contributed by atoms with E-state index >= 15 is 0 Å². The summed E-state index contributed by atoms with van der Waals surface area (Å²) in [6.45, 7) is 7.22. The molecule has 0 radical (unpaired) electrons. The average Bonchev–Trinajstić information content (AvgIpc) is 3.33. The molecule has 0 aromatic heterocycles. The van der Waals surface area contributed by atoms with Gasteiger partial charge in [0.25, 0.3) is 0 Å². The second-order valence-electron chi connectivity index (χ2n) is 9.35. The maximum Gasteiger partial charge on any atom is 0.333 e. The molecule has 0 aromatic rings. The van der Waals surface area contributed by atoms with Crippen molar-refractivity contribution in [3.8, 4) is 0 Å². The minimum Gasteiger partial charge on any atom is -0.429 e. The SMILES string of the molecule is C[C@@H]1CC[C@]2(C)[C@H](C[C@H](O)[C@H](O)[C@]23CO3)[C@@]1(C)CCC1=CC(=O)O[C@@H]1O. The zero-order chi connectivity index (χ0) is 18.9. The van der Waals surface area contributed by atoms with Crippen LogP contribution in [0.4, 0.5) is 0 Å². The van der Waals surface area contributed by atoms with E-state index in [1.807, 2.05) is 0 Å². The van der Waals surface area contributed by atoms with Gasteiger partial charge in [-0.1, -0.05) is 20.8 Å². The summed E-state index contributed by atoms with van der Waals surface area (Å²) >= 11 is 0. The molecule has 3 N–H and O–H groups in total. The van der Waals surface area contributed by atoms with Crippen molar-refractivity contribution in [2.24, 2.45) is 22.7 Å². The summed E-state index contributed by atoms with van der Waals surface area (Å²) in [6, 6.07) is 0. The molecule has 146 valence electrons. The summed E-state index contributed by atoms with van der Waals surface area (Å²) in [5.41, 5.74) is -0.257. The Hall–Kier alpha value is -0.950. The molecule has 3 fully saturated rings. The van der Waals surface area contributed by atoms with Gasteiger partial charge in [0.05, 0.1) is 12.7 Å². The molecule has 8 atom stereocenters. The van der Waals surface area contributed by atoms with Crippen LogP contribution >= 0.6 is 0 Å². The first-order valence-electron chi connectivity index (χ1n) is 9.73. The van der Waals surface area contributed by atoms with Crippen molar-refractivity contribution in [3.63, 3.8) is 0 Å². The van der Waals surface area contributed by atoms with Crippen LogP contribution in [-0.4, -0.2) is 52.0 Å². The summed E-state index contributed by atoms with van der Waals surface area (Å²) < 4.78 is 10.6. The third kappa shape index (κ3) is 2.35. The van der Waals surface area contributed by atoms with Crippen molar-refractivity contribution < 1.29 is 29.6 Å². The molecule has 4 rings (SSSR count). The molecule has 4 aliphatic rings. The molecule has 0 bridgehead atoms. The van der Waals surface area contributed by atoms with Crippen molar-refractivity contribution in [2.45, 2.75) is 77.0 Å². The van der Waals surface area contributed by atoms with Gasteiger partial charge in [0.15, 0.2) is 0 Å². The van der Waals surface area contributed by atoms with Crippen LogP contribution in [0.5, 0.6) is 0 Å². The number of epoxide rings is 1. The highest BCUT2D eigenvalue weighted by Crippen LogP contribution is 2.68. The summed E-state index contributed by atoms with van der Waals surface area (Å²) in [7, 11) is 0. The van der Waals surface area contributed by atoms with Gasteiger partial charge in [-0.3, -0.25) is 0 Å². The number of cyclic esters (lactones) is 1. The Morgan fingerprint density at radius 1 is 1.27 bits per heavy atom. The Bertz CT molecular complexity index is 640. The van der Waals surface area contributed by atoms with E-state index in [0.29, 0.717) is 30.9 Å². The molecule has 0 amide bonds. The van der Waals surface area contributed by atoms with E-state index in [0.717, 1.165) is 19.3 Å². The molecule has 2 aliphatic heterocycles. The first kappa shape index (κ1) is 18.4. The Morgan fingerprint density at radius 2 is 1.96 bits per heavy atom. The third-order valence-corrected chi connectivity index (χ3v) is 8.33. The van der Waals surface area contributed by atoms with E-state index in [1.54, 1.807) is 0 Å². The fraction of sp³-hybridized carbons (Fsp3) is 0.850. The van der Waals surface area contributed by atoms with Gasteiger partial charge in [-0.05, 0) is 49.4 Å². The van der Waals surface area contributed by atoms with Gasteiger partial charge in [0.1, 0.15) is 11.7 Å². The van der Waals surface area contributed by atoms with E-state index in [2.05, 4.69) is 20.8 Å². The predicted molar refractivity (Wildman–Crippen MR) is 92.8 cm³/mol. The van der Waals surface area contributed by atoms with Gasteiger partial charge >= 0.3 is 5.97 Å². The fourth-order valence-electron chi connectivity index (χ4n) is 6.20. The van der Waals surface area contributed by atoms with Crippen LogP contribution in [0.3, 0.4) is 0 Å². The van der Waals surface area contributed by atoms with Gasteiger partial charge < -0.3 is 24.8 Å². The topological polar surface area (TPSA) is 99.5 Å². The van der Waals surface area contributed by atoms with Crippen LogP contribution in [0.15, 0.2) is 11.6 Å². The minimum absolute atomic E-state index is 0.0841. The number of carbonyl (C=O) groups is 1. The van der Waals surface area contributed by atoms with Crippen molar-refractivity contribution in [3.05, 3.63) is 11.6 Å². The highest BCUT2D eigenvalue weighted by Gasteiger charge is 2.73. The molecule has 2 heterocycles. The Labute approximate surface area is 154 Å². The van der Waals surface area contributed by atoms with Gasteiger partial charge in [-0.2, -0.15) is 0 Å². The summed E-state index contributed by atoms with van der Waals surface area (Å²) in [5, 5.41) is 31.0. The molecule has 1 saturated heterocycles. The molecule has 0 aromatic carbocycles. The maximum atomic E-state index is 11.4. The van der Waals surface area contributed by atoms with Gasteiger partial charge in [-0.15, -0.1) is 0 Å². The third-order valence-electron chi connectivity index (χ3n) is 8.33. The van der Waals surface area contributed by atoms with Crippen LogP contribution in [0.2, 0.25) is 0 Å². The summed E-state index contributed by atoms with van der Waals surface area (Å²) in [5.74, 6) is 0.158. The lowest BCUT2D eigenvalue weighted by Gasteiger charge is -2.61. The van der Waals surface area contributed by atoms with E-state index in [1.165, 1.54) is 6.08 Å². The lowest BCUT2D eigenvalue weighted by Crippen LogP contribution is -2.65. The lowest BCUT2D eigenvalue weighted by molar-refractivity contribution is -0.197. The highest BCUT2D eigenvalue weighted by atomic mass is 16.6. The number of hydrogen-bond acceptors (Lipinski definition) is 6. The maximum absolute atomic E-state index is 11.4. The van der Waals surface area contributed by atoms with Gasteiger partial charge in [0, 0.05) is 17.1 Å². The number of aliphatic hydroxyl groups is 3. The molecule has 26 heavy (non-hydrogen) atoms. The first-order chi connectivity index (χ1) is 12.1. The van der Waals surface area contributed by atoms with Crippen LogP contribution in [0.25, 0.3) is 0 Å². The van der Waals surface area contributed by atoms with E-state index in [9.17, 15) is 20.1 Å². The monoisotopic (exact) mass is 366 g/mol. The van der Waals surface area contributed by atoms with Crippen LogP contribution in [0.1, 0.15) is 52.9 Å². The molecule has 6 nitrogen and oxygen atoms in total. The second kappa shape index (κ2) is 5.77. The Morgan fingerprint density at radius 3 is 2.54 bits per heavy atom. The Balaban J connectivity index is 1.62. The number of aliphatic hydroxyl groups excluding tert-OH is 3. The number of ether oxygens (including phenoxy) is 2. The molecule has 0 unspecified atom stereocenters. The molecular formula is C20H30O6. The number of esters is 1. The summed E-state index contributed by atoms with van der Waals surface area (Å²) in [4.78, 5) is 11.4. The van der Waals surface area contributed by atoms with Crippen molar-refractivity contribution in [1.29, 1.82) is 0 Å². The number of rotatable bonds is 3. The smallest absolute Gasteiger partial charge is 0.333 e. The zero-order valence-electron chi connectivity index (χ0n) is 15.8. The molecule has 1 spiro atoms. The minimum atomic E-state index is -1.13. The highest BCUT2D eigenvalue weighted by molar-refractivity contribution is 5.85. The molecule has 2 saturated carbocycles. The second-order valence-corrected chi connectivity index (χ2v) is 9.35.